The summed E-state index contributed by atoms with van der Waals surface area (Å²) >= 11 is 1.55. The van der Waals surface area contributed by atoms with Crippen molar-refractivity contribution in [2.24, 2.45) is 0 Å². The van der Waals surface area contributed by atoms with Crippen LogP contribution in [0.25, 0.3) is 10.6 Å². The zero-order chi connectivity index (χ0) is 19.2. The summed E-state index contributed by atoms with van der Waals surface area (Å²) in [7, 11) is 0. The van der Waals surface area contributed by atoms with Gasteiger partial charge in [-0.2, -0.15) is 0 Å². The Kier molecular flexibility index (Phi) is 5.77. The van der Waals surface area contributed by atoms with Gasteiger partial charge in [0.25, 0.3) is 5.91 Å². The van der Waals surface area contributed by atoms with E-state index < -0.39 is 17.8 Å². The molecule has 8 heteroatoms. The third-order valence-electron chi connectivity index (χ3n) is 3.47. The number of anilines is 1. The molecule has 0 bridgehead atoms. The van der Waals surface area contributed by atoms with E-state index in [9.17, 15) is 14.0 Å². The molecule has 1 aromatic heterocycles. The molecule has 138 valence electrons. The summed E-state index contributed by atoms with van der Waals surface area (Å²) in [5, 5.41) is 7.21. The van der Waals surface area contributed by atoms with Crippen LogP contribution in [0.1, 0.15) is 5.69 Å². The van der Waals surface area contributed by atoms with Crippen LogP contribution in [-0.4, -0.2) is 23.5 Å². The number of carbonyl (C=O) groups is 2. The molecule has 0 fully saturated rings. The molecule has 27 heavy (non-hydrogen) atoms. The maximum Gasteiger partial charge on any atom is 0.326 e. The molecule has 2 N–H and O–H groups in total. The fourth-order valence-electron chi connectivity index (χ4n) is 2.21. The van der Waals surface area contributed by atoms with E-state index in [4.69, 9.17) is 4.74 Å². The number of benzene rings is 2. The van der Waals surface area contributed by atoms with Crippen molar-refractivity contribution >= 4 is 29.0 Å². The number of para-hydroxylation sites is 1. The van der Waals surface area contributed by atoms with Crippen molar-refractivity contribution in [2.45, 2.75) is 6.92 Å². The van der Waals surface area contributed by atoms with Gasteiger partial charge in [0.05, 0.1) is 5.69 Å². The average molecular weight is 385 g/mol. The lowest BCUT2D eigenvalue weighted by molar-refractivity contribution is -0.121. The Bertz CT molecular complexity index is 957. The summed E-state index contributed by atoms with van der Waals surface area (Å²) in [4.78, 5) is 27.9. The van der Waals surface area contributed by atoms with Gasteiger partial charge < -0.3 is 10.1 Å². The van der Waals surface area contributed by atoms with Crippen molar-refractivity contribution < 1.29 is 18.7 Å². The van der Waals surface area contributed by atoms with Crippen molar-refractivity contribution in [3.8, 4) is 16.3 Å². The van der Waals surface area contributed by atoms with E-state index in [2.05, 4.69) is 15.6 Å². The van der Waals surface area contributed by atoms with Gasteiger partial charge in [-0.1, -0.05) is 12.1 Å². The van der Waals surface area contributed by atoms with Crippen molar-refractivity contribution in [1.29, 1.82) is 0 Å². The highest BCUT2D eigenvalue weighted by Gasteiger charge is 2.11. The smallest absolute Gasteiger partial charge is 0.326 e. The van der Waals surface area contributed by atoms with Crippen LogP contribution in [0.2, 0.25) is 0 Å². The molecular weight excluding hydrogens is 369 g/mol. The molecule has 0 spiro atoms. The molecule has 0 aliphatic heterocycles. The van der Waals surface area contributed by atoms with Gasteiger partial charge in [0, 0.05) is 16.6 Å². The second-order valence-corrected chi connectivity index (χ2v) is 6.45. The van der Waals surface area contributed by atoms with Gasteiger partial charge >= 0.3 is 6.03 Å². The molecule has 3 aromatic rings. The number of rotatable bonds is 5. The predicted octanol–water partition coefficient (Wildman–Crippen LogP) is 3.98. The minimum absolute atomic E-state index is 0.0169. The van der Waals surface area contributed by atoms with Crippen LogP contribution >= 0.6 is 11.3 Å². The topological polar surface area (TPSA) is 80.3 Å². The number of hydrogen-bond acceptors (Lipinski definition) is 5. The summed E-state index contributed by atoms with van der Waals surface area (Å²) in [5.41, 5.74) is 1.89. The normalized spacial score (nSPS) is 10.3. The largest absolute Gasteiger partial charge is 0.484 e. The monoisotopic (exact) mass is 385 g/mol. The molecule has 0 unspecified atom stereocenters. The molecular formula is C19H16FN3O3S. The molecule has 2 aromatic carbocycles. The van der Waals surface area contributed by atoms with Gasteiger partial charge in [0.1, 0.15) is 16.6 Å². The van der Waals surface area contributed by atoms with Gasteiger partial charge in [-0.3, -0.25) is 10.1 Å². The fraction of sp³-hybridized carbons (Fsp3) is 0.105. The van der Waals surface area contributed by atoms with Gasteiger partial charge in [-0.25, -0.2) is 14.2 Å². The SMILES string of the molecule is Cc1csc(-c2ccc(OCC(=O)NC(=O)Nc3ccccc3F)cc2)n1. The lowest BCUT2D eigenvalue weighted by Crippen LogP contribution is -2.37. The number of aromatic nitrogens is 1. The van der Waals surface area contributed by atoms with Crippen molar-refractivity contribution in [3.63, 3.8) is 0 Å². The number of thiazole rings is 1. The van der Waals surface area contributed by atoms with Crippen LogP contribution in [0.15, 0.2) is 53.9 Å². The number of halogens is 1. The minimum Gasteiger partial charge on any atom is -0.484 e. The number of ether oxygens (including phenoxy) is 1. The molecule has 1 heterocycles. The maximum atomic E-state index is 13.5. The van der Waals surface area contributed by atoms with E-state index in [0.717, 1.165) is 16.3 Å². The van der Waals surface area contributed by atoms with Crippen LogP contribution in [0.3, 0.4) is 0 Å². The van der Waals surface area contributed by atoms with E-state index in [0.29, 0.717) is 5.75 Å². The summed E-state index contributed by atoms with van der Waals surface area (Å²) in [6.45, 7) is 1.58. The van der Waals surface area contributed by atoms with E-state index in [1.54, 1.807) is 29.5 Å². The highest BCUT2D eigenvalue weighted by molar-refractivity contribution is 7.13. The standard InChI is InChI=1S/C19H16FN3O3S/c1-12-11-27-18(21-12)13-6-8-14(9-7-13)26-10-17(24)23-19(25)22-16-5-3-2-4-15(16)20/h2-9,11H,10H2,1H3,(H2,22,23,24,25). The molecule has 0 saturated carbocycles. The molecule has 0 aliphatic carbocycles. The first-order valence-electron chi connectivity index (χ1n) is 8.02. The van der Waals surface area contributed by atoms with Gasteiger partial charge in [-0.05, 0) is 43.3 Å². The van der Waals surface area contributed by atoms with Crippen LogP contribution in [-0.2, 0) is 4.79 Å². The Morgan fingerprint density at radius 2 is 1.89 bits per heavy atom. The molecule has 0 aliphatic rings. The maximum absolute atomic E-state index is 13.5. The van der Waals surface area contributed by atoms with Crippen LogP contribution in [0.4, 0.5) is 14.9 Å². The summed E-state index contributed by atoms with van der Waals surface area (Å²) in [5.74, 6) is -0.757. The predicted molar refractivity (Wildman–Crippen MR) is 101 cm³/mol. The zero-order valence-corrected chi connectivity index (χ0v) is 15.2. The average Bonchev–Trinajstić information content (AvgIpc) is 3.09. The Morgan fingerprint density at radius 3 is 2.56 bits per heavy atom. The number of imide groups is 1. The molecule has 0 atom stereocenters. The molecule has 0 radical (unpaired) electrons. The Morgan fingerprint density at radius 1 is 1.15 bits per heavy atom. The third-order valence-corrected chi connectivity index (χ3v) is 4.47. The van der Waals surface area contributed by atoms with E-state index >= 15 is 0 Å². The van der Waals surface area contributed by atoms with Crippen molar-refractivity contribution in [2.75, 3.05) is 11.9 Å². The molecule has 3 rings (SSSR count). The molecule has 0 saturated heterocycles. The Hall–Kier alpha value is -3.26. The number of urea groups is 1. The first kappa shape index (κ1) is 18.5. The lowest BCUT2D eigenvalue weighted by atomic mass is 10.2. The minimum atomic E-state index is -0.830. The summed E-state index contributed by atoms with van der Waals surface area (Å²) < 4.78 is 18.8. The zero-order valence-electron chi connectivity index (χ0n) is 14.4. The van der Waals surface area contributed by atoms with Crippen LogP contribution in [0.5, 0.6) is 5.75 Å². The Balaban J connectivity index is 1.49. The highest BCUT2D eigenvalue weighted by atomic mass is 32.1. The fourth-order valence-corrected chi connectivity index (χ4v) is 3.01. The number of nitrogens with one attached hydrogen (secondary N) is 2. The van der Waals surface area contributed by atoms with Crippen molar-refractivity contribution in [1.82, 2.24) is 10.3 Å². The second-order valence-electron chi connectivity index (χ2n) is 5.59. The number of aryl methyl sites for hydroxylation is 1. The number of carbonyl (C=O) groups excluding carboxylic acids is 2. The van der Waals surface area contributed by atoms with E-state index in [-0.39, 0.29) is 12.3 Å². The number of amides is 3. The van der Waals surface area contributed by atoms with Gasteiger partial charge in [-0.15, -0.1) is 11.3 Å². The summed E-state index contributed by atoms with van der Waals surface area (Å²) in [6, 6.07) is 12.0. The highest BCUT2D eigenvalue weighted by Crippen LogP contribution is 2.25. The van der Waals surface area contributed by atoms with Gasteiger partial charge in [0.15, 0.2) is 6.61 Å². The van der Waals surface area contributed by atoms with E-state index in [1.165, 1.54) is 18.2 Å². The first-order valence-corrected chi connectivity index (χ1v) is 8.90. The summed E-state index contributed by atoms with van der Waals surface area (Å²) in [6.07, 6.45) is 0. The molecule has 6 nitrogen and oxygen atoms in total. The first-order chi connectivity index (χ1) is 13.0. The quantitative estimate of drug-likeness (QED) is 0.696. The lowest BCUT2D eigenvalue weighted by Gasteiger charge is -2.09. The van der Waals surface area contributed by atoms with E-state index in [1.807, 2.05) is 24.4 Å². The van der Waals surface area contributed by atoms with Crippen molar-refractivity contribution in [3.05, 3.63) is 65.4 Å². The molecule has 3 amide bonds. The Labute approximate surface area is 159 Å². The number of hydrogen-bond donors (Lipinski definition) is 2. The van der Waals surface area contributed by atoms with Crippen LogP contribution < -0.4 is 15.4 Å². The van der Waals surface area contributed by atoms with Gasteiger partial charge in [0.2, 0.25) is 0 Å². The third kappa shape index (κ3) is 5.11. The number of nitrogens with zero attached hydrogens (tertiary/aromatic N) is 1. The second kappa shape index (κ2) is 8.41. The van der Waals surface area contributed by atoms with Crippen LogP contribution in [0, 0.1) is 12.7 Å².